The van der Waals surface area contributed by atoms with Gasteiger partial charge in [-0.25, -0.2) is 0 Å². The zero-order valence-corrected chi connectivity index (χ0v) is 12.3. The van der Waals surface area contributed by atoms with Crippen LogP contribution in [0.5, 0.6) is 5.75 Å². The predicted molar refractivity (Wildman–Crippen MR) is 83.8 cm³/mol. The van der Waals surface area contributed by atoms with Crippen LogP contribution in [0.15, 0.2) is 42.5 Å². The molecule has 3 atom stereocenters. The lowest BCUT2D eigenvalue weighted by atomic mass is 9.92. The third-order valence-corrected chi connectivity index (χ3v) is 3.49. The van der Waals surface area contributed by atoms with Crippen molar-refractivity contribution in [3.63, 3.8) is 0 Å². The lowest BCUT2D eigenvalue weighted by Gasteiger charge is -2.23. The monoisotopic (exact) mass is 292 g/mol. The van der Waals surface area contributed by atoms with Crippen LogP contribution < -0.4 is 0 Å². The van der Waals surface area contributed by atoms with Gasteiger partial charge in [-0.15, -0.1) is 6.58 Å². The van der Waals surface area contributed by atoms with Gasteiger partial charge in [0.1, 0.15) is 5.75 Å². The summed E-state index contributed by atoms with van der Waals surface area (Å²) < 4.78 is 0. The van der Waals surface area contributed by atoms with Crippen molar-refractivity contribution >= 4 is 6.08 Å². The third-order valence-electron chi connectivity index (χ3n) is 3.49. The Morgan fingerprint density at radius 3 is 2.33 bits per heavy atom. The molecule has 1 aromatic carbocycles. The van der Waals surface area contributed by atoms with Gasteiger partial charge in [0.05, 0.1) is 18.8 Å². The van der Waals surface area contributed by atoms with Crippen molar-refractivity contribution in [2.24, 2.45) is 5.92 Å². The zero-order valence-electron chi connectivity index (χ0n) is 12.3. The summed E-state index contributed by atoms with van der Waals surface area (Å²) in [6, 6.07) is 6.88. The van der Waals surface area contributed by atoms with E-state index in [9.17, 15) is 15.3 Å². The normalized spacial score (nSPS) is 16.3. The first kappa shape index (κ1) is 17.4. The summed E-state index contributed by atoms with van der Waals surface area (Å²) >= 11 is 0. The Morgan fingerprint density at radius 1 is 1.19 bits per heavy atom. The van der Waals surface area contributed by atoms with E-state index in [1.165, 1.54) is 6.08 Å². The van der Waals surface area contributed by atoms with Crippen LogP contribution in [0.4, 0.5) is 0 Å². The molecule has 21 heavy (non-hydrogen) atoms. The number of rotatable bonds is 8. The molecule has 0 spiro atoms. The van der Waals surface area contributed by atoms with E-state index >= 15 is 0 Å². The van der Waals surface area contributed by atoms with E-state index in [0.29, 0.717) is 12.8 Å². The van der Waals surface area contributed by atoms with E-state index in [2.05, 4.69) is 6.58 Å². The molecule has 0 fully saturated rings. The molecule has 0 saturated carbocycles. The number of benzene rings is 1. The molecule has 116 valence electrons. The number of phenolic OH excluding ortho intramolecular Hbond substituents is 1. The Labute approximate surface area is 125 Å². The molecule has 4 heteroatoms. The van der Waals surface area contributed by atoms with Gasteiger partial charge in [0.15, 0.2) is 0 Å². The molecule has 0 amide bonds. The second-order valence-electron chi connectivity index (χ2n) is 5.25. The van der Waals surface area contributed by atoms with E-state index in [4.69, 9.17) is 5.11 Å². The molecular formula is C17H24O4. The highest BCUT2D eigenvalue weighted by Crippen LogP contribution is 2.20. The smallest absolute Gasteiger partial charge is 0.115 e. The Hall–Kier alpha value is -1.62. The van der Waals surface area contributed by atoms with Gasteiger partial charge in [-0.1, -0.05) is 29.9 Å². The molecule has 0 aliphatic rings. The number of allylic oxidation sites excluding steroid dienone is 1. The van der Waals surface area contributed by atoms with Crippen LogP contribution in [0.25, 0.3) is 6.08 Å². The van der Waals surface area contributed by atoms with Crippen molar-refractivity contribution in [3.8, 4) is 5.75 Å². The largest absolute Gasteiger partial charge is 0.508 e. The van der Waals surface area contributed by atoms with Crippen molar-refractivity contribution in [2.75, 3.05) is 6.61 Å². The van der Waals surface area contributed by atoms with Crippen LogP contribution in [0.1, 0.15) is 25.3 Å². The van der Waals surface area contributed by atoms with E-state index < -0.39 is 24.7 Å². The maximum absolute atomic E-state index is 10.1. The minimum atomic E-state index is -0.987. The molecule has 0 aromatic heterocycles. The summed E-state index contributed by atoms with van der Waals surface area (Å²) in [4.78, 5) is 0. The van der Waals surface area contributed by atoms with Crippen LogP contribution in [-0.4, -0.2) is 39.2 Å². The van der Waals surface area contributed by atoms with Gasteiger partial charge in [-0.2, -0.15) is 0 Å². The molecule has 4 N–H and O–H groups in total. The summed E-state index contributed by atoms with van der Waals surface area (Å²) in [6.07, 6.45) is 2.88. The lowest BCUT2D eigenvalue weighted by molar-refractivity contribution is 0.00215. The number of aromatic hydroxyl groups is 1. The molecule has 0 bridgehead atoms. The molecular weight excluding hydrogens is 268 g/mol. The van der Waals surface area contributed by atoms with Gasteiger partial charge in [-0.05, 0) is 37.5 Å². The van der Waals surface area contributed by atoms with Crippen molar-refractivity contribution in [3.05, 3.63) is 48.1 Å². The summed E-state index contributed by atoms with van der Waals surface area (Å²) in [5.74, 6) is -0.302. The number of hydrogen-bond acceptors (Lipinski definition) is 4. The molecule has 0 radical (unpaired) electrons. The quantitative estimate of drug-likeness (QED) is 0.553. The van der Waals surface area contributed by atoms with E-state index in [1.54, 1.807) is 12.1 Å². The van der Waals surface area contributed by atoms with Crippen molar-refractivity contribution < 1.29 is 20.4 Å². The number of phenols is 1. The summed E-state index contributed by atoms with van der Waals surface area (Å²) in [6.45, 7) is 5.16. The molecule has 1 aromatic rings. The summed E-state index contributed by atoms with van der Waals surface area (Å²) in [7, 11) is 0. The van der Waals surface area contributed by atoms with Gasteiger partial charge >= 0.3 is 0 Å². The third kappa shape index (κ3) is 5.71. The standard InChI is InChI=1S/C17H24O4/c1-3-15(17(21)11-18)16(20)9-4-12(2)10-13-5-7-14(19)8-6-13/h3,5-8,10,15-21H,1,4,9,11H2,2H3/b12-10+/t15-,16-,17-/m1/s1. The Bertz CT molecular complexity index is 464. The number of aliphatic hydroxyl groups excluding tert-OH is 3. The first-order chi connectivity index (χ1) is 9.97. The Kier molecular flexibility index (Phi) is 7.15. The zero-order chi connectivity index (χ0) is 15.8. The lowest BCUT2D eigenvalue weighted by Crippen LogP contribution is -2.32. The SMILES string of the molecule is C=C[C@@H]([C@H](O)CO)[C@H](O)CC/C(C)=C/c1ccc(O)cc1. The highest BCUT2D eigenvalue weighted by Gasteiger charge is 2.23. The molecule has 0 aliphatic heterocycles. The second kappa shape index (κ2) is 8.62. The van der Waals surface area contributed by atoms with E-state index in [-0.39, 0.29) is 5.75 Å². The number of hydrogen-bond donors (Lipinski definition) is 4. The molecule has 0 heterocycles. The van der Waals surface area contributed by atoms with Crippen molar-refractivity contribution in [2.45, 2.75) is 32.0 Å². The minimum absolute atomic E-state index is 0.229. The first-order valence-electron chi connectivity index (χ1n) is 7.03. The summed E-state index contributed by atoms with van der Waals surface area (Å²) in [5, 5.41) is 37.8. The van der Waals surface area contributed by atoms with Crippen LogP contribution >= 0.6 is 0 Å². The molecule has 1 rings (SSSR count). The van der Waals surface area contributed by atoms with Crippen molar-refractivity contribution in [1.29, 1.82) is 0 Å². The minimum Gasteiger partial charge on any atom is -0.508 e. The highest BCUT2D eigenvalue weighted by atomic mass is 16.3. The molecule has 0 saturated heterocycles. The van der Waals surface area contributed by atoms with Gasteiger partial charge in [0.25, 0.3) is 0 Å². The van der Waals surface area contributed by atoms with E-state index in [0.717, 1.165) is 11.1 Å². The van der Waals surface area contributed by atoms with Crippen LogP contribution in [0.3, 0.4) is 0 Å². The van der Waals surface area contributed by atoms with Crippen LogP contribution in [0.2, 0.25) is 0 Å². The second-order valence-corrected chi connectivity index (χ2v) is 5.25. The van der Waals surface area contributed by atoms with Gasteiger partial charge < -0.3 is 20.4 Å². The first-order valence-corrected chi connectivity index (χ1v) is 7.03. The predicted octanol–water partition coefficient (Wildman–Crippen LogP) is 2.09. The fourth-order valence-electron chi connectivity index (χ4n) is 2.19. The fourth-order valence-corrected chi connectivity index (χ4v) is 2.19. The average Bonchev–Trinajstić information content (AvgIpc) is 2.48. The fraction of sp³-hybridized carbons (Fsp3) is 0.412. The van der Waals surface area contributed by atoms with Crippen LogP contribution in [-0.2, 0) is 0 Å². The molecule has 0 aliphatic carbocycles. The Balaban J connectivity index is 2.57. The molecule has 4 nitrogen and oxygen atoms in total. The Morgan fingerprint density at radius 2 is 1.81 bits per heavy atom. The van der Waals surface area contributed by atoms with Gasteiger partial charge in [0.2, 0.25) is 0 Å². The highest BCUT2D eigenvalue weighted by molar-refractivity contribution is 5.53. The van der Waals surface area contributed by atoms with Gasteiger partial charge in [0, 0.05) is 5.92 Å². The summed E-state index contributed by atoms with van der Waals surface area (Å²) in [5.41, 5.74) is 2.07. The number of aliphatic hydroxyl groups is 3. The van der Waals surface area contributed by atoms with Gasteiger partial charge in [-0.3, -0.25) is 0 Å². The maximum atomic E-state index is 10.1. The maximum Gasteiger partial charge on any atom is 0.115 e. The molecule has 0 unspecified atom stereocenters. The van der Waals surface area contributed by atoms with E-state index in [1.807, 2.05) is 25.1 Å². The topological polar surface area (TPSA) is 80.9 Å². The average molecular weight is 292 g/mol. The van der Waals surface area contributed by atoms with Crippen LogP contribution in [0, 0.1) is 5.92 Å². The van der Waals surface area contributed by atoms with Crippen molar-refractivity contribution in [1.82, 2.24) is 0 Å².